The largest absolute Gasteiger partial charge is 0.416 e. The molecular formula is C14H10F3NO. The lowest BCUT2D eigenvalue weighted by molar-refractivity contribution is -0.137. The Hall–Kier alpha value is -2.30. The SMILES string of the molecule is FC(F)(F)c1cccc(/C=N/Oc2ccccc2)c1. The molecule has 0 atom stereocenters. The molecule has 0 saturated carbocycles. The van der Waals surface area contributed by atoms with E-state index in [9.17, 15) is 13.2 Å². The van der Waals surface area contributed by atoms with Crippen molar-refractivity contribution in [1.82, 2.24) is 0 Å². The van der Waals surface area contributed by atoms with Crippen molar-refractivity contribution in [2.75, 3.05) is 0 Å². The van der Waals surface area contributed by atoms with Gasteiger partial charge in [-0.1, -0.05) is 35.5 Å². The molecule has 0 aliphatic heterocycles. The second-order valence-corrected chi connectivity index (χ2v) is 3.76. The van der Waals surface area contributed by atoms with Crippen molar-refractivity contribution < 1.29 is 18.0 Å². The van der Waals surface area contributed by atoms with Crippen molar-refractivity contribution in [2.24, 2.45) is 5.16 Å². The van der Waals surface area contributed by atoms with E-state index in [0.717, 1.165) is 12.1 Å². The Bertz CT molecular complexity index is 564. The maximum atomic E-state index is 12.5. The maximum Gasteiger partial charge on any atom is 0.416 e. The lowest BCUT2D eigenvalue weighted by Crippen LogP contribution is -2.05. The molecule has 0 aromatic heterocycles. The first kappa shape index (κ1) is 13.1. The summed E-state index contributed by atoms with van der Waals surface area (Å²) in [6.07, 6.45) is -3.12. The lowest BCUT2D eigenvalue weighted by atomic mass is 10.1. The first-order valence-corrected chi connectivity index (χ1v) is 5.48. The fourth-order valence-electron chi connectivity index (χ4n) is 1.42. The molecule has 0 aliphatic rings. The van der Waals surface area contributed by atoms with E-state index in [4.69, 9.17) is 4.84 Å². The number of oxime groups is 1. The number of hydrogen-bond acceptors (Lipinski definition) is 2. The van der Waals surface area contributed by atoms with Gasteiger partial charge in [0, 0.05) is 0 Å². The van der Waals surface area contributed by atoms with Crippen LogP contribution >= 0.6 is 0 Å². The van der Waals surface area contributed by atoms with E-state index in [1.807, 2.05) is 6.07 Å². The predicted octanol–water partition coefficient (Wildman–Crippen LogP) is 4.12. The monoisotopic (exact) mass is 265 g/mol. The number of hydrogen-bond donors (Lipinski definition) is 0. The smallest absolute Gasteiger partial charge is 0.357 e. The van der Waals surface area contributed by atoms with Crippen LogP contribution in [-0.2, 0) is 6.18 Å². The molecule has 2 nitrogen and oxygen atoms in total. The molecule has 0 saturated heterocycles. The molecule has 98 valence electrons. The Morgan fingerprint density at radius 3 is 2.37 bits per heavy atom. The molecule has 0 aliphatic carbocycles. The Morgan fingerprint density at radius 1 is 0.947 bits per heavy atom. The molecule has 19 heavy (non-hydrogen) atoms. The molecule has 0 bridgehead atoms. The quantitative estimate of drug-likeness (QED) is 0.604. The summed E-state index contributed by atoms with van der Waals surface area (Å²) in [7, 11) is 0. The van der Waals surface area contributed by atoms with Crippen LogP contribution in [0, 0.1) is 0 Å². The third-order valence-corrected chi connectivity index (χ3v) is 2.32. The van der Waals surface area contributed by atoms with Crippen LogP contribution < -0.4 is 4.84 Å². The fourth-order valence-corrected chi connectivity index (χ4v) is 1.42. The summed E-state index contributed by atoms with van der Waals surface area (Å²) in [6, 6.07) is 13.6. The number of halogens is 3. The van der Waals surface area contributed by atoms with Crippen LogP contribution in [0.5, 0.6) is 5.75 Å². The Labute approximate surface area is 108 Å². The Morgan fingerprint density at radius 2 is 1.68 bits per heavy atom. The van der Waals surface area contributed by atoms with Gasteiger partial charge in [-0.3, -0.25) is 0 Å². The summed E-state index contributed by atoms with van der Waals surface area (Å²) in [5.74, 6) is 0.519. The molecule has 0 spiro atoms. The van der Waals surface area contributed by atoms with E-state index in [2.05, 4.69) is 5.16 Å². The van der Waals surface area contributed by atoms with Gasteiger partial charge in [0.05, 0.1) is 11.8 Å². The highest BCUT2D eigenvalue weighted by atomic mass is 19.4. The third kappa shape index (κ3) is 3.84. The van der Waals surface area contributed by atoms with Gasteiger partial charge in [0.25, 0.3) is 0 Å². The zero-order valence-corrected chi connectivity index (χ0v) is 9.76. The molecule has 0 fully saturated rings. The molecule has 0 heterocycles. The van der Waals surface area contributed by atoms with Crippen molar-refractivity contribution in [3.8, 4) is 5.75 Å². The third-order valence-electron chi connectivity index (χ3n) is 2.32. The van der Waals surface area contributed by atoms with Gasteiger partial charge in [-0.25, -0.2) is 0 Å². The van der Waals surface area contributed by atoms with E-state index >= 15 is 0 Å². The van der Waals surface area contributed by atoms with Gasteiger partial charge in [0.15, 0.2) is 5.75 Å². The normalized spacial score (nSPS) is 11.7. The summed E-state index contributed by atoms with van der Waals surface area (Å²) < 4.78 is 37.4. The van der Waals surface area contributed by atoms with Crippen LogP contribution in [0.25, 0.3) is 0 Å². The second-order valence-electron chi connectivity index (χ2n) is 3.76. The van der Waals surface area contributed by atoms with Crippen LogP contribution in [0.15, 0.2) is 59.8 Å². The van der Waals surface area contributed by atoms with Crippen LogP contribution in [-0.4, -0.2) is 6.21 Å². The molecular weight excluding hydrogens is 255 g/mol. The van der Waals surface area contributed by atoms with Crippen LogP contribution in [0.4, 0.5) is 13.2 Å². The van der Waals surface area contributed by atoms with Crippen LogP contribution in [0.2, 0.25) is 0 Å². The highest BCUT2D eigenvalue weighted by Crippen LogP contribution is 2.29. The minimum absolute atomic E-state index is 0.325. The highest BCUT2D eigenvalue weighted by molar-refractivity contribution is 5.79. The van der Waals surface area contributed by atoms with Crippen molar-refractivity contribution >= 4 is 6.21 Å². The Kier molecular flexibility index (Phi) is 3.85. The second kappa shape index (κ2) is 5.56. The number of nitrogens with zero attached hydrogens (tertiary/aromatic N) is 1. The molecule has 2 aromatic carbocycles. The standard InChI is InChI=1S/C14H10F3NO/c15-14(16,17)12-6-4-5-11(9-12)10-18-19-13-7-2-1-3-8-13/h1-10H/b18-10+. The van der Waals surface area contributed by atoms with E-state index in [0.29, 0.717) is 11.3 Å². The van der Waals surface area contributed by atoms with Crippen LogP contribution in [0.1, 0.15) is 11.1 Å². The van der Waals surface area contributed by atoms with E-state index in [1.165, 1.54) is 18.3 Å². The molecule has 0 amide bonds. The first-order valence-electron chi connectivity index (χ1n) is 5.48. The van der Waals surface area contributed by atoms with Gasteiger partial charge in [-0.2, -0.15) is 13.2 Å². The zero-order chi connectivity index (χ0) is 13.7. The summed E-state index contributed by atoms with van der Waals surface area (Å²) in [4.78, 5) is 5.02. The van der Waals surface area contributed by atoms with Crippen molar-refractivity contribution in [2.45, 2.75) is 6.18 Å². The molecule has 5 heteroatoms. The van der Waals surface area contributed by atoms with Gasteiger partial charge in [0.2, 0.25) is 0 Å². The number of rotatable bonds is 3. The topological polar surface area (TPSA) is 21.6 Å². The average molecular weight is 265 g/mol. The van der Waals surface area contributed by atoms with Crippen LogP contribution in [0.3, 0.4) is 0 Å². The van der Waals surface area contributed by atoms with Gasteiger partial charge in [-0.05, 0) is 29.8 Å². The van der Waals surface area contributed by atoms with Gasteiger partial charge >= 0.3 is 6.18 Å². The lowest BCUT2D eigenvalue weighted by Gasteiger charge is -2.06. The molecule has 2 rings (SSSR count). The predicted molar refractivity (Wildman–Crippen MR) is 66.1 cm³/mol. The molecule has 0 radical (unpaired) electrons. The minimum Gasteiger partial charge on any atom is -0.357 e. The average Bonchev–Trinajstić information content (AvgIpc) is 2.39. The summed E-state index contributed by atoms with van der Waals surface area (Å²) in [5.41, 5.74) is -0.387. The highest BCUT2D eigenvalue weighted by Gasteiger charge is 2.30. The van der Waals surface area contributed by atoms with Gasteiger partial charge in [0.1, 0.15) is 0 Å². The molecule has 0 N–H and O–H groups in total. The Balaban J connectivity index is 2.07. The molecule has 2 aromatic rings. The number of benzene rings is 2. The van der Waals surface area contributed by atoms with E-state index in [-0.39, 0.29) is 0 Å². The fraction of sp³-hybridized carbons (Fsp3) is 0.0714. The van der Waals surface area contributed by atoms with Gasteiger partial charge in [-0.15, -0.1) is 0 Å². The van der Waals surface area contributed by atoms with E-state index in [1.54, 1.807) is 24.3 Å². The minimum atomic E-state index is -4.36. The van der Waals surface area contributed by atoms with Crippen molar-refractivity contribution in [3.05, 3.63) is 65.7 Å². The number of para-hydroxylation sites is 1. The number of alkyl halides is 3. The van der Waals surface area contributed by atoms with Gasteiger partial charge < -0.3 is 4.84 Å². The summed E-state index contributed by atoms with van der Waals surface area (Å²) in [6.45, 7) is 0. The first-order chi connectivity index (χ1) is 9.05. The summed E-state index contributed by atoms with van der Waals surface area (Å²) >= 11 is 0. The van der Waals surface area contributed by atoms with E-state index < -0.39 is 11.7 Å². The van der Waals surface area contributed by atoms with Crippen molar-refractivity contribution in [3.63, 3.8) is 0 Å². The molecule has 0 unspecified atom stereocenters. The zero-order valence-electron chi connectivity index (χ0n) is 9.76. The van der Waals surface area contributed by atoms with Crippen molar-refractivity contribution in [1.29, 1.82) is 0 Å². The maximum absolute atomic E-state index is 12.5. The summed E-state index contributed by atoms with van der Waals surface area (Å²) in [5, 5.41) is 3.64.